The van der Waals surface area contributed by atoms with Crippen molar-refractivity contribution < 1.29 is 9.59 Å². The van der Waals surface area contributed by atoms with Crippen LogP contribution in [0.3, 0.4) is 0 Å². The molecule has 172 valence electrons. The molecule has 2 aromatic heterocycles. The number of carbonyl (C=O) groups excluding carboxylic acids is 2. The van der Waals surface area contributed by atoms with Crippen LogP contribution in [0.2, 0.25) is 0 Å². The molecule has 1 atom stereocenters. The monoisotopic (exact) mass is 448 g/mol. The van der Waals surface area contributed by atoms with Gasteiger partial charge in [0.15, 0.2) is 11.5 Å². The summed E-state index contributed by atoms with van der Waals surface area (Å²) in [6.45, 7) is 7.44. The fourth-order valence-electron chi connectivity index (χ4n) is 4.39. The van der Waals surface area contributed by atoms with Crippen molar-refractivity contribution in [2.75, 3.05) is 19.6 Å². The highest BCUT2D eigenvalue weighted by molar-refractivity contribution is 6.04. The lowest BCUT2D eigenvalue weighted by atomic mass is 9.99. The normalized spacial score (nSPS) is 16.1. The largest absolute Gasteiger partial charge is 0.339 e. The number of hydrogen-bond donors (Lipinski definition) is 1. The highest BCUT2D eigenvalue weighted by Crippen LogP contribution is 2.31. The number of rotatable bonds is 5. The van der Waals surface area contributed by atoms with Crippen molar-refractivity contribution in [1.82, 2.24) is 30.0 Å². The number of fused-ring (bicyclic) bond motifs is 1. The van der Waals surface area contributed by atoms with Crippen LogP contribution in [0.1, 0.15) is 71.5 Å². The Morgan fingerprint density at radius 1 is 1.15 bits per heavy atom. The number of aryl methyl sites for hydroxylation is 1. The molecule has 4 rings (SSSR count). The number of likely N-dealkylation sites (tertiary alicyclic amines) is 1. The van der Waals surface area contributed by atoms with Crippen molar-refractivity contribution in [2.45, 2.75) is 46.1 Å². The number of amides is 2. The summed E-state index contributed by atoms with van der Waals surface area (Å²) in [4.78, 5) is 51.1. The third-order valence-corrected chi connectivity index (χ3v) is 6.24. The second-order valence-corrected chi connectivity index (χ2v) is 8.16. The Bertz CT molecular complexity index is 1250. The lowest BCUT2D eigenvalue weighted by Crippen LogP contribution is -2.40. The van der Waals surface area contributed by atoms with Crippen LogP contribution >= 0.6 is 0 Å². The van der Waals surface area contributed by atoms with E-state index in [2.05, 4.69) is 20.2 Å². The predicted molar refractivity (Wildman–Crippen MR) is 124 cm³/mol. The lowest BCUT2D eigenvalue weighted by molar-refractivity contribution is 0.0593. The maximum absolute atomic E-state index is 13.6. The van der Waals surface area contributed by atoms with E-state index >= 15 is 0 Å². The Kier molecular flexibility index (Phi) is 6.48. The van der Waals surface area contributed by atoms with Gasteiger partial charge in [0, 0.05) is 31.2 Å². The van der Waals surface area contributed by atoms with Gasteiger partial charge in [0.1, 0.15) is 0 Å². The first-order valence-corrected chi connectivity index (χ1v) is 11.4. The highest BCUT2D eigenvalue weighted by atomic mass is 16.2. The van der Waals surface area contributed by atoms with Crippen LogP contribution in [0, 0.1) is 6.92 Å². The number of H-pyrrole nitrogens is 1. The fourth-order valence-corrected chi connectivity index (χ4v) is 4.39. The first-order valence-electron chi connectivity index (χ1n) is 11.4. The molecule has 1 aliphatic heterocycles. The molecule has 1 aromatic carbocycles. The van der Waals surface area contributed by atoms with Gasteiger partial charge in [-0.25, -0.2) is 15.1 Å². The van der Waals surface area contributed by atoms with Gasteiger partial charge in [-0.2, -0.15) is 5.10 Å². The lowest BCUT2D eigenvalue weighted by Gasteiger charge is -2.34. The third kappa shape index (κ3) is 4.22. The van der Waals surface area contributed by atoms with Crippen molar-refractivity contribution in [3.63, 3.8) is 0 Å². The van der Waals surface area contributed by atoms with Gasteiger partial charge in [0.05, 0.1) is 22.7 Å². The number of nitrogens with one attached hydrogen (secondary N) is 1. The van der Waals surface area contributed by atoms with Crippen LogP contribution in [0.25, 0.3) is 10.8 Å². The predicted octanol–water partition coefficient (Wildman–Crippen LogP) is 2.87. The summed E-state index contributed by atoms with van der Waals surface area (Å²) in [5.41, 5.74) is 0.957. The Hall–Kier alpha value is -3.62. The van der Waals surface area contributed by atoms with E-state index in [-0.39, 0.29) is 29.1 Å². The minimum Gasteiger partial charge on any atom is -0.339 e. The summed E-state index contributed by atoms with van der Waals surface area (Å²) in [7, 11) is 0. The van der Waals surface area contributed by atoms with Gasteiger partial charge < -0.3 is 9.80 Å². The minimum atomic E-state index is -0.329. The van der Waals surface area contributed by atoms with Crippen molar-refractivity contribution in [1.29, 1.82) is 0 Å². The summed E-state index contributed by atoms with van der Waals surface area (Å²) < 4.78 is 0. The van der Waals surface area contributed by atoms with Gasteiger partial charge in [-0.1, -0.05) is 18.2 Å². The van der Waals surface area contributed by atoms with Crippen molar-refractivity contribution in [3.8, 4) is 0 Å². The zero-order valence-electron chi connectivity index (χ0n) is 19.2. The van der Waals surface area contributed by atoms with Gasteiger partial charge in [-0.15, -0.1) is 0 Å². The maximum atomic E-state index is 13.6. The van der Waals surface area contributed by atoms with Crippen LogP contribution in [0.5, 0.6) is 0 Å². The van der Waals surface area contributed by atoms with E-state index in [1.165, 1.54) is 0 Å². The molecule has 33 heavy (non-hydrogen) atoms. The molecule has 1 aliphatic rings. The summed E-state index contributed by atoms with van der Waals surface area (Å²) in [5, 5.41) is 7.47. The molecule has 0 bridgehead atoms. The average molecular weight is 449 g/mol. The number of aromatic amines is 1. The molecule has 0 aliphatic carbocycles. The average Bonchev–Trinajstić information content (AvgIpc) is 2.84. The summed E-state index contributed by atoms with van der Waals surface area (Å²) in [6.07, 6.45) is 4.09. The van der Waals surface area contributed by atoms with Crippen LogP contribution in [0.15, 0.2) is 35.3 Å². The smallest absolute Gasteiger partial charge is 0.275 e. The van der Waals surface area contributed by atoms with Crippen molar-refractivity contribution >= 4 is 22.6 Å². The van der Waals surface area contributed by atoms with Crippen LogP contribution in [-0.2, 0) is 0 Å². The molecule has 3 aromatic rings. The van der Waals surface area contributed by atoms with Crippen molar-refractivity contribution in [3.05, 3.63) is 63.6 Å². The zero-order valence-corrected chi connectivity index (χ0v) is 19.2. The number of carbonyl (C=O) groups is 2. The summed E-state index contributed by atoms with van der Waals surface area (Å²) in [5.74, 6) is 0.159. The van der Waals surface area contributed by atoms with E-state index in [1.807, 2.05) is 13.8 Å². The molecule has 3 heterocycles. The van der Waals surface area contributed by atoms with Gasteiger partial charge in [0.25, 0.3) is 17.4 Å². The Morgan fingerprint density at radius 2 is 1.88 bits per heavy atom. The standard InChI is InChI=1S/C24H28N6O3/c1-4-29(5-2)23(32)18-14-25-21(26-15(18)3)19-12-8-9-13-30(19)24(33)20-16-10-6-7-11-17(16)22(31)28-27-20/h6-7,10-11,14,19H,4-5,8-9,12-13H2,1-3H3,(H,28,31)/t19-/m0/s1. The summed E-state index contributed by atoms with van der Waals surface area (Å²) in [6, 6.07) is 6.63. The Morgan fingerprint density at radius 3 is 2.58 bits per heavy atom. The van der Waals surface area contributed by atoms with E-state index in [9.17, 15) is 14.4 Å². The fraction of sp³-hybridized carbons (Fsp3) is 0.417. The Balaban J connectivity index is 1.68. The molecule has 0 spiro atoms. The number of hydrogen-bond acceptors (Lipinski definition) is 6. The minimum absolute atomic E-state index is 0.0930. The van der Waals surface area contributed by atoms with Gasteiger partial charge in [-0.3, -0.25) is 14.4 Å². The van der Waals surface area contributed by atoms with Crippen molar-refractivity contribution in [2.24, 2.45) is 0 Å². The molecule has 1 saturated heterocycles. The molecular formula is C24H28N6O3. The molecular weight excluding hydrogens is 420 g/mol. The van der Waals surface area contributed by atoms with Gasteiger partial charge in [0.2, 0.25) is 0 Å². The molecule has 2 amide bonds. The second-order valence-electron chi connectivity index (χ2n) is 8.16. The zero-order chi connectivity index (χ0) is 23.5. The number of nitrogens with zero attached hydrogens (tertiary/aromatic N) is 5. The topological polar surface area (TPSA) is 112 Å². The molecule has 1 fully saturated rings. The highest BCUT2D eigenvalue weighted by Gasteiger charge is 2.33. The molecule has 0 saturated carbocycles. The molecule has 0 radical (unpaired) electrons. The molecule has 9 heteroatoms. The molecule has 0 unspecified atom stereocenters. The third-order valence-electron chi connectivity index (χ3n) is 6.24. The van der Waals surface area contributed by atoms with E-state index < -0.39 is 0 Å². The Labute approximate surface area is 191 Å². The number of benzene rings is 1. The van der Waals surface area contributed by atoms with Crippen LogP contribution < -0.4 is 5.56 Å². The van der Waals surface area contributed by atoms with E-state index in [0.29, 0.717) is 47.5 Å². The number of piperidine rings is 1. The quantitative estimate of drug-likeness (QED) is 0.642. The van der Waals surface area contributed by atoms with Crippen LogP contribution in [0.4, 0.5) is 0 Å². The maximum Gasteiger partial charge on any atom is 0.275 e. The first-order chi connectivity index (χ1) is 16.0. The van der Waals surface area contributed by atoms with E-state index in [4.69, 9.17) is 0 Å². The van der Waals surface area contributed by atoms with Crippen LogP contribution in [-0.4, -0.2) is 61.4 Å². The molecule has 1 N–H and O–H groups in total. The molecule has 9 nitrogen and oxygen atoms in total. The van der Waals surface area contributed by atoms with Gasteiger partial charge >= 0.3 is 0 Å². The van der Waals surface area contributed by atoms with E-state index in [0.717, 1.165) is 19.3 Å². The SMILES string of the molecule is CCN(CC)C(=O)c1cnc([C@@H]2CCCCN2C(=O)c2n[nH]c(=O)c3ccccc23)nc1C. The first kappa shape index (κ1) is 22.6. The van der Waals surface area contributed by atoms with E-state index in [1.54, 1.807) is 47.2 Å². The summed E-state index contributed by atoms with van der Waals surface area (Å²) >= 11 is 0. The second kappa shape index (κ2) is 9.48. The van der Waals surface area contributed by atoms with Gasteiger partial charge in [-0.05, 0) is 46.1 Å². The number of aromatic nitrogens is 4.